The molecule has 0 atom stereocenters. The second kappa shape index (κ2) is 5.72. The van der Waals surface area contributed by atoms with Crippen LogP contribution < -0.4 is 5.73 Å². The molecule has 1 aromatic heterocycles. The highest BCUT2D eigenvalue weighted by Crippen LogP contribution is 2.02. The highest BCUT2D eigenvalue weighted by Gasteiger charge is 2.08. The predicted molar refractivity (Wildman–Crippen MR) is 53.8 cm³/mol. The summed E-state index contributed by atoms with van der Waals surface area (Å²) < 4.78 is 7.31. The Kier molecular flexibility index (Phi) is 4.55. The van der Waals surface area contributed by atoms with Crippen molar-refractivity contribution in [3.8, 4) is 0 Å². The number of hydrogen-bond acceptors (Lipinski definition) is 4. The van der Waals surface area contributed by atoms with Crippen molar-refractivity contribution < 1.29 is 4.74 Å². The molecule has 1 rings (SSSR count). The van der Waals surface area contributed by atoms with Gasteiger partial charge in [-0.3, -0.25) is 0 Å². The van der Waals surface area contributed by atoms with E-state index in [4.69, 9.17) is 10.5 Å². The van der Waals surface area contributed by atoms with Crippen LogP contribution in [0.4, 0.5) is 0 Å². The number of ether oxygens (including phenoxy) is 1. The van der Waals surface area contributed by atoms with Gasteiger partial charge in [0.15, 0.2) is 0 Å². The molecule has 1 heterocycles. The van der Waals surface area contributed by atoms with Crippen LogP contribution in [0.3, 0.4) is 0 Å². The second-order valence-corrected chi connectivity index (χ2v) is 2.93. The van der Waals surface area contributed by atoms with Crippen LogP contribution in [0.2, 0.25) is 0 Å². The maximum Gasteiger partial charge on any atom is 0.146 e. The minimum Gasteiger partial charge on any atom is -0.381 e. The molecular weight excluding hydrogens is 180 g/mol. The molecule has 0 bridgehead atoms. The smallest absolute Gasteiger partial charge is 0.146 e. The van der Waals surface area contributed by atoms with Crippen LogP contribution >= 0.6 is 0 Å². The van der Waals surface area contributed by atoms with Crippen LogP contribution in [0.1, 0.15) is 25.5 Å². The van der Waals surface area contributed by atoms with E-state index in [-0.39, 0.29) is 0 Å². The molecule has 0 aliphatic heterocycles. The average molecular weight is 198 g/mol. The molecule has 0 fully saturated rings. The summed E-state index contributed by atoms with van der Waals surface area (Å²) in [5.74, 6) is 1.81. The van der Waals surface area contributed by atoms with Gasteiger partial charge in [0.2, 0.25) is 0 Å². The molecule has 14 heavy (non-hydrogen) atoms. The molecule has 1 aromatic rings. The first kappa shape index (κ1) is 11.1. The summed E-state index contributed by atoms with van der Waals surface area (Å²) in [7, 11) is 0. The lowest BCUT2D eigenvalue weighted by Gasteiger charge is -2.05. The summed E-state index contributed by atoms with van der Waals surface area (Å²) in [5.41, 5.74) is 5.54. The summed E-state index contributed by atoms with van der Waals surface area (Å²) in [6.45, 7) is 6.78. The SMILES string of the molecule is CCOCCc1nnc(CN)n1CC. The van der Waals surface area contributed by atoms with Crippen molar-refractivity contribution in [2.75, 3.05) is 13.2 Å². The summed E-state index contributed by atoms with van der Waals surface area (Å²) in [4.78, 5) is 0. The molecule has 0 saturated carbocycles. The lowest BCUT2D eigenvalue weighted by atomic mass is 10.4. The molecule has 5 nitrogen and oxygen atoms in total. The normalized spacial score (nSPS) is 10.8. The molecule has 0 saturated heterocycles. The molecule has 5 heteroatoms. The third-order valence-corrected chi connectivity index (χ3v) is 2.08. The van der Waals surface area contributed by atoms with Gasteiger partial charge in [0, 0.05) is 19.6 Å². The number of rotatable bonds is 6. The first-order valence-electron chi connectivity index (χ1n) is 5.02. The molecule has 0 spiro atoms. The average Bonchev–Trinajstić information content (AvgIpc) is 2.60. The molecule has 0 aliphatic rings. The first-order valence-corrected chi connectivity index (χ1v) is 5.02. The summed E-state index contributed by atoms with van der Waals surface area (Å²) in [5, 5.41) is 8.10. The van der Waals surface area contributed by atoms with E-state index in [1.165, 1.54) is 0 Å². The Labute approximate surface area is 84.3 Å². The monoisotopic (exact) mass is 198 g/mol. The van der Waals surface area contributed by atoms with Crippen molar-refractivity contribution in [3.63, 3.8) is 0 Å². The lowest BCUT2D eigenvalue weighted by Crippen LogP contribution is -2.11. The van der Waals surface area contributed by atoms with E-state index in [1.807, 2.05) is 11.5 Å². The number of nitrogens with two attached hydrogens (primary N) is 1. The zero-order valence-corrected chi connectivity index (χ0v) is 8.86. The summed E-state index contributed by atoms with van der Waals surface area (Å²) in [6.07, 6.45) is 0.800. The van der Waals surface area contributed by atoms with E-state index in [0.717, 1.165) is 31.2 Å². The van der Waals surface area contributed by atoms with Gasteiger partial charge in [0.05, 0.1) is 13.2 Å². The Balaban J connectivity index is 2.61. The zero-order chi connectivity index (χ0) is 10.4. The fourth-order valence-corrected chi connectivity index (χ4v) is 1.38. The molecular formula is C9H18N4O. The molecule has 0 aliphatic carbocycles. The second-order valence-electron chi connectivity index (χ2n) is 2.93. The van der Waals surface area contributed by atoms with Crippen molar-refractivity contribution in [2.45, 2.75) is 33.4 Å². The van der Waals surface area contributed by atoms with Crippen molar-refractivity contribution in [1.29, 1.82) is 0 Å². The van der Waals surface area contributed by atoms with Gasteiger partial charge in [-0.05, 0) is 13.8 Å². The van der Waals surface area contributed by atoms with Crippen LogP contribution in [-0.2, 0) is 24.2 Å². The fourth-order valence-electron chi connectivity index (χ4n) is 1.38. The van der Waals surface area contributed by atoms with Gasteiger partial charge in [-0.25, -0.2) is 0 Å². The maximum absolute atomic E-state index is 5.54. The van der Waals surface area contributed by atoms with Gasteiger partial charge in [0.1, 0.15) is 11.6 Å². The van der Waals surface area contributed by atoms with Gasteiger partial charge in [-0.2, -0.15) is 0 Å². The van der Waals surface area contributed by atoms with E-state index in [2.05, 4.69) is 17.1 Å². The standard InChI is InChI=1S/C9H18N4O/c1-3-13-8(5-6-14-4-2)11-12-9(13)7-10/h3-7,10H2,1-2H3. The van der Waals surface area contributed by atoms with Crippen molar-refractivity contribution in [3.05, 3.63) is 11.6 Å². The molecule has 0 amide bonds. The third-order valence-electron chi connectivity index (χ3n) is 2.08. The van der Waals surface area contributed by atoms with Crippen LogP contribution in [0, 0.1) is 0 Å². The Morgan fingerprint density at radius 1 is 1.29 bits per heavy atom. The largest absolute Gasteiger partial charge is 0.381 e. The fraction of sp³-hybridized carbons (Fsp3) is 0.778. The maximum atomic E-state index is 5.54. The van der Waals surface area contributed by atoms with Gasteiger partial charge in [-0.1, -0.05) is 0 Å². The van der Waals surface area contributed by atoms with Crippen LogP contribution in [-0.4, -0.2) is 28.0 Å². The van der Waals surface area contributed by atoms with Gasteiger partial charge in [0.25, 0.3) is 0 Å². The van der Waals surface area contributed by atoms with Crippen LogP contribution in [0.15, 0.2) is 0 Å². The highest BCUT2D eigenvalue weighted by atomic mass is 16.5. The molecule has 80 valence electrons. The quantitative estimate of drug-likeness (QED) is 0.669. The topological polar surface area (TPSA) is 66.0 Å². The Morgan fingerprint density at radius 2 is 2.00 bits per heavy atom. The van der Waals surface area contributed by atoms with E-state index in [1.54, 1.807) is 0 Å². The van der Waals surface area contributed by atoms with Crippen molar-refractivity contribution in [2.24, 2.45) is 5.73 Å². The third kappa shape index (κ3) is 2.52. The van der Waals surface area contributed by atoms with E-state index in [0.29, 0.717) is 13.2 Å². The number of nitrogens with zero attached hydrogens (tertiary/aromatic N) is 3. The molecule has 2 N–H and O–H groups in total. The Hall–Kier alpha value is -0.940. The molecule has 0 unspecified atom stereocenters. The summed E-state index contributed by atoms with van der Waals surface area (Å²) >= 11 is 0. The number of hydrogen-bond donors (Lipinski definition) is 1. The van der Waals surface area contributed by atoms with Crippen LogP contribution in [0.25, 0.3) is 0 Å². The zero-order valence-electron chi connectivity index (χ0n) is 8.86. The number of aromatic nitrogens is 3. The molecule has 0 radical (unpaired) electrons. The minimum atomic E-state index is 0.440. The predicted octanol–water partition coefficient (Wildman–Crippen LogP) is 0.336. The summed E-state index contributed by atoms with van der Waals surface area (Å²) in [6, 6.07) is 0. The van der Waals surface area contributed by atoms with Gasteiger partial charge >= 0.3 is 0 Å². The van der Waals surface area contributed by atoms with E-state index in [9.17, 15) is 0 Å². The van der Waals surface area contributed by atoms with Crippen molar-refractivity contribution in [1.82, 2.24) is 14.8 Å². The Morgan fingerprint density at radius 3 is 2.57 bits per heavy atom. The van der Waals surface area contributed by atoms with Crippen molar-refractivity contribution >= 4 is 0 Å². The Bertz CT molecular complexity index is 272. The first-order chi connectivity index (χ1) is 6.83. The molecule has 0 aromatic carbocycles. The van der Waals surface area contributed by atoms with Crippen LogP contribution in [0.5, 0.6) is 0 Å². The van der Waals surface area contributed by atoms with Gasteiger partial charge < -0.3 is 15.0 Å². The van der Waals surface area contributed by atoms with E-state index >= 15 is 0 Å². The lowest BCUT2D eigenvalue weighted by molar-refractivity contribution is 0.149. The highest BCUT2D eigenvalue weighted by molar-refractivity contribution is 4.95. The minimum absolute atomic E-state index is 0.440. The van der Waals surface area contributed by atoms with E-state index < -0.39 is 0 Å². The van der Waals surface area contributed by atoms with Gasteiger partial charge in [-0.15, -0.1) is 10.2 Å².